The molecule has 2 saturated heterocycles. The summed E-state index contributed by atoms with van der Waals surface area (Å²) < 4.78 is 6.12. The van der Waals surface area contributed by atoms with Gasteiger partial charge in [-0.25, -0.2) is 4.98 Å². The van der Waals surface area contributed by atoms with Crippen molar-refractivity contribution in [2.45, 2.75) is 50.4 Å². The zero-order chi connectivity index (χ0) is 21.4. The van der Waals surface area contributed by atoms with Crippen LogP contribution in [-0.4, -0.2) is 57.9 Å². The van der Waals surface area contributed by atoms with E-state index >= 15 is 0 Å². The molecule has 30 heavy (non-hydrogen) atoms. The van der Waals surface area contributed by atoms with Gasteiger partial charge in [0.1, 0.15) is 17.6 Å². The number of H-pyrrole nitrogens is 1. The maximum absolute atomic E-state index is 12.7. The molecule has 1 amide bonds. The van der Waals surface area contributed by atoms with Gasteiger partial charge in [-0.05, 0) is 50.8 Å². The second-order valence-corrected chi connectivity index (χ2v) is 8.55. The van der Waals surface area contributed by atoms with Gasteiger partial charge in [-0.3, -0.25) is 9.59 Å². The van der Waals surface area contributed by atoms with Crippen molar-refractivity contribution >= 4 is 11.7 Å². The van der Waals surface area contributed by atoms with E-state index in [1.807, 2.05) is 32.2 Å². The predicted molar refractivity (Wildman–Crippen MR) is 113 cm³/mol. The third-order valence-corrected chi connectivity index (χ3v) is 6.35. The fourth-order valence-electron chi connectivity index (χ4n) is 4.48. The number of amides is 1. The Bertz CT molecular complexity index is 966. The van der Waals surface area contributed by atoms with E-state index < -0.39 is 23.2 Å². The molecular weight excluding hydrogens is 384 g/mol. The summed E-state index contributed by atoms with van der Waals surface area (Å²) in [5.41, 5.74) is -0.618. The van der Waals surface area contributed by atoms with Crippen molar-refractivity contribution in [3.63, 3.8) is 0 Å². The number of nitrogens with one attached hydrogen (secondary N) is 2. The number of aromatic amines is 1. The average Bonchev–Trinajstić information content (AvgIpc) is 2.73. The molecule has 0 aromatic carbocycles. The van der Waals surface area contributed by atoms with Crippen LogP contribution in [-0.2, 0) is 4.74 Å². The molecule has 2 aliphatic heterocycles. The number of aliphatic hydroxyl groups excluding tert-OH is 1. The topological polar surface area (TPSA) is 108 Å². The second-order valence-electron chi connectivity index (χ2n) is 8.55. The van der Waals surface area contributed by atoms with Crippen molar-refractivity contribution in [2.75, 3.05) is 24.6 Å². The summed E-state index contributed by atoms with van der Waals surface area (Å²) in [6.07, 6.45) is 2.74. The van der Waals surface area contributed by atoms with Crippen LogP contribution in [0.5, 0.6) is 0 Å². The van der Waals surface area contributed by atoms with E-state index in [0.717, 1.165) is 11.4 Å². The van der Waals surface area contributed by atoms with Crippen LogP contribution in [0.1, 0.15) is 42.2 Å². The third kappa shape index (κ3) is 3.85. The summed E-state index contributed by atoms with van der Waals surface area (Å²) in [6, 6.07) is 8.49. The molecule has 2 aliphatic rings. The highest BCUT2D eigenvalue weighted by molar-refractivity contribution is 5.92. The number of carbonyl (C=O) groups is 1. The highest BCUT2D eigenvalue weighted by atomic mass is 16.5. The van der Waals surface area contributed by atoms with Crippen molar-refractivity contribution in [3.05, 3.63) is 58.1 Å². The fraction of sp³-hybridized carbons (Fsp3) is 0.500. The summed E-state index contributed by atoms with van der Waals surface area (Å²) in [5, 5.41) is 14.2. The molecule has 8 heteroatoms. The standard InChI is InChI=1S/C22H28N4O4/c1-15-6-7-17(23-14-15)26-11-8-22(9-12-26)20(29)21(2,10-13-30-22)25-19(28)16-4-3-5-18(27)24-16/h3-7,14,20,29H,8-13H2,1-2H3,(H,24,27)(H,25,28)/t20-,21+/m0/s1. The Morgan fingerprint density at radius 3 is 2.70 bits per heavy atom. The number of hydrogen-bond acceptors (Lipinski definition) is 6. The molecular formula is C22H28N4O4. The zero-order valence-electron chi connectivity index (χ0n) is 17.4. The molecule has 0 bridgehead atoms. The van der Waals surface area contributed by atoms with E-state index in [1.165, 1.54) is 12.1 Å². The Hall–Kier alpha value is -2.71. The highest BCUT2D eigenvalue weighted by Gasteiger charge is 2.54. The summed E-state index contributed by atoms with van der Waals surface area (Å²) in [6.45, 7) is 5.72. The van der Waals surface area contributed by atoms with Gasteiger partial charge in [-0.1, -0.05) is 12.1 Å². The Morgan fingerprint density at radius 1 is 1.27 bits per heavy atom. The Labute approximate surface area is 175 Å². The van der Waals surface area contributed by atoms with Crippen LogP contribution in [0.15, 0.2) is 41.3 Å². The van der Waals surface area contributed by atoms with Gasteiger partial charge in [-0.2, -0.15) is 0 Å². The van der Waals surface area contributed by atoms with Gasteiger partial charge in [0.2, 0.25) is 5.56 Å². The number of anilines is 1. The lowest BCUT2D eigenvalue weighted by atomic mass is 9.73. The fourth-order valence-corrected chi connectivity index (χ4v) is 4.48. The van der Waals surface area contributed by atoms with Crippen LogP contribution in [0.25, 0.3) is 0 Å². The van der Waals surface area contributed by atoms with Crippen molar-refractivity contribution < 1.29 is 14.6 Å². The average molecular weight is 412 g/mol. The summed E-state index contributed by atoms with van der Waals surface area (Å²) in [5.74, 6) is 0.512. The Balaban J connectivity index is 1.47. The van der Waals surface area contributed by atoms with Crippen molar-refractivity contribution in [3.8, 4) is 0 Å². The maximum atomic E-state index is 12.7. The van der Waals surface area contributed by atoms with Crippen LogP contribution >= 0.6 is 0 Å². The number of aromatic nitrogens is 2. The third-order valence-electron chi connectivity index (χ3n) is 6.35. The number of rotatable bonds is 3. The molecule has 0 aliphatic carbocycles. The van der Waals surface area contributed by atoms with Gasteiger partial charge in [0.15, 0.2) is 0 Å². The number of ether oxygens (including phenoxy) is 1. The van der Waals surface area contributed by atoms with Gasteiger partial charge < -0.3 is 25.0 Å². The van der Waals surface area contributed by atoms with E-state index in [2.05, 4.69) is 20.2 Å². The minimum Gasteiger partial charge on any atom is -0.388 e. The number of carbonyl (C=O) groups excluding carboxylic acids is 1. The predicted octanol–water partition coefficient (Wildman–Crippen LogP) is 1.39. The molecule has 2 atom stereocenters. The molecule has 8 nitrogen and oxygen atoms in total. The number of aryl methyl sites for hydroxylation is 1. The van der Waals surface area contributed by atoms with Crippen molar-refractivity contribution in [1.82, 2.24) is 15.3 Å². The van der Waals surface area contributed by atoms with Gasteiger partial charge >= 0.3 is 0 Å². The molecule has 1 spiro atoms. The number of pyridine rings is 2. The zero-order valence-corrected chi connectivity index (χ0v) is 17.4. The summed E-state index contributed by atoms with van der Waals surface area (Å²) in [7, 11) is 0. The van der Waals surface area contributed by atoms with E-state index in [0.29, 0.717) is 39.0 Å². The molecule has 2 fully saturated rings. The molecule has 0 radical (unpaired) electrons. The van der Waals surface area contributed by atoms with Crippen LogP contribution in [0, 0.1) is 6.92 Å². The van der Waals surface area contributed by atoms with Crippen LogP contribution in [0.4, 0.5) is 5.82 Å². The smallest absolute Gasteiger partial charge is 0.268 e. The van der Waals surface area contributed by atoms with Gasteiger partial charge in [0, 0.05) is 32.0 Å². The lowest BCUT2D eigenvalue weighted by molar-refractivity contribution is -0.195. The maximum Gasteiger partial charge on any atom is 0.268 e. The van der Waals surface area contributed by atoms with E-state index in [4.69, 9.17) is 4.74 Å². The monoisotopic (exact) mass is 412 g/mol. The van der Waals surface area contributed by atoms with E-state index in [1.54, 1.807) is 6.07 Å². The SMILES string of the molecule is Cc1ccc(N2CCC3(CC2)OCC[C@@](C)(NC(=O)c2cccc(=O)[nH]2)[C@@H]3O)nc1. The molecule has 0 saturated carbocycles. The lowest BCUT2D eigenvalue weighted by Crippen LogP contribution is -2.69. The van der Waals surface area contributed by atoms with E-state index in [-0.39, 0.29) is 11.3 Å². The quantitative estimate of drug-likeness (QED) is 0.703. The first-order chi connectivity index (χ1) is 14.3. The lowest BCUT2D eigenvalue weighted by Gasteiger charge is -2.53. The van der Waals surface area contributed by atoms with Crippen LogP contribution in [0.3, 0.4) is 0 Å². The molecule has 3 N–H and O–H groups in total. The second kappa shape index (κ2) is 7.85. The minimum absolute atomic E-state index is 0.178. The van der Waals surface area contributed by atoms with Gasteiger partial charge in [0.05, 0.1) is 11.1 Å². The van der Waals surface area contributed by atoms with Gasteiger partial charge in [-0.15, -0.1) is 0 Å². The van der Waals surface area contributed by atoms with Crippen molar-refractivity contribution in [1.29, 1.82) is 0 Å². The number of nitrogens with zero attached hydrogens (tertiary/aromatic N) is 2. The minimum atomic E-state index is -0.869. The highest BCUT2D eigenvalue weighted by Crippen LogP contribution is 2.40. The first-order valence-electron chi connectivity index (χ1n) is 10.3. The molecule has 160 valence electrons. The molecule has 4 heterocycles. The molecule has 2 aromatic rings. The first kappa shape index (κ1) is 20.6. The first-order valence-corrected chi connectivity index (χ1v) is 10.3. The molecule has 2 aromatic heterocycles. The Kier molecular flexibility index (Phi) is 5.38. The van der Waals surface area contributed by atoms with Crippen molar-refractivity contribution in [2.24, 2.45) is 0 Å². The number of hydrogen-bond donors (Lipinski definition) is 3. The summed E-state index contributed by atoms with van der Waals surface area (Å²) in [4.78, 5) is 33.5. The van der Waals surface area contributed by atoms with Crippen LogP contribution in [0.2, 0.25) is 0 Å². The molecule has 0 unspecified atom stereocenters. The summed E-state index contributed by atoms with van der Waals surface area (Å²) >= 11 is 0. The van der Waals surface area contributed by atoms with E-state index in [9.17, 15) is 14.7 Å². The van der Waals surface area contributed by atoms with Crippen LogP contribution < -0.4 is 15.8 Å². The largest absolute Gasteiger partial charge is 0.388 e. The number of aliphatic hydroxyl groups is 1. The van der Waals surface area contributed by atoms with Gasteiger partial charge in [0.25, 0.3) is 5.91 Å². The Morgan fingerprint density at radius 2 is 2.03 bits per heavy atom. The molecule has 4 rings (SSSR count). The number of piperidine rings is 1. The normalized spacial score (nSPS) is 25.8.